The summed E-state index contributed by atoms with van der Waals surface area (Å²) in [5, 5.41) is 2.50. The molecule has 1 unspecified atom stereocenters. The van der Waals surface area contributed by atoms with E-state index in [-0.39, 0.29) is 10.7 Å². The fourth-order valence-electron chi connectivity index (χ4n) is 1.21. The summed E-state index contributed by atoms with van der Waals surface area (Å²) < 4.78 is 18.2. The Bertz CT molecular complexity index is 381. The highest BCUT2D eigenvalue weighted by Crippen LogP contribution is 2.24. The third-order valence-electron chi connectivity index (χ3n) is 2.18. The predicted octanol–water partition coefficient (Wildman–Crippen LogP) is 1.78. The maximum atomic E-state index is 13.4. The highest BCUT2D eigenvalue weighted by atomic mass is 35.5. The zero-order valence-corrected chi connectivity index (χ0v) is 10.1. The molecule has 17 heavy (non-hydrogen) atoms. The second-order valence-electron chi connectivity index (χ2n) is 3.47. The number of methoxy groups -OCH3 is 1. The van der Waals surface area contributed by atoms with Crippen LogP contribution in [-0.2, 0) is 9.53 Å². The molecule has 1 rings (SSSR count). The third-order valence-corrected chi connectivity index (χ3v) is 2.50. The van der Waals surface area contributed by atoms with Gasteiger partial charge in [-0.3, -0.25) is 4.79 Å². The molecule has 3 N–H and O–H groups in total. The van der Waals surface area contributed by atoms with Gasteiger partial charge in [-0.2, -0.15) is 0 Å². The maximum absolute atomic E-state index is 13.4. The van der Waals surface area contributed by atoms with Gasteiger partial charge in [-0.25, -0.2) is 4.39 Å². The standard InChI is InChI=1S/C11H14ClFN2O2/c1-17-6-5-9(14)11(16)15-10-7(12)3-2-4-8(10)13/h2-4,9H,5-6,14H2,1H3,(H,15,16). The fourth-order valence-corrected chi connectivity index (χ4v) is 1.42. The van der Waals surface area contributed by atoms with E-state index < -0.39 is 17.8 Å². The first kappa shape index (κ1) is 13.9. The first-order valence-electron chi connectivity index (χ1n) is 5.05. The van der Waals surface area contributed by atoms with Gasteiger partial charge in [-0.1, -0.05) is 17.7 Å². The smallest absolute Gasteiger partial charge is 0.241 e. The third kappa shape index (κ3) is 3.96. The molecule has 1 aromatic rings. The Morgan fingerprint density at radius 1 is 1.65 bits per heavy atom. The van der Waals surface area contributed by atoms with E-state index in [0.717, 1.165) is 0 Å². The van der Waals surface area contributed by atoms with Gasteiger partial charge in [-0.15, -0.1) is 0 Å². The summed E-state index contributed by atoms with van der Waals surface area (Å²) in [4.78, 5) is 11.6. The van der Waals surface area contributed by atoms with Crippen LogP contribution in [0.2, 0.25) is 5.02 Å². The summed E-state index contributed by atoms with van der Waals surface area (Å²) in [6.45, 7) is 0.361. The van der Waals surface area contributed by atoms with Crippen molar-refractivity contribution in [3.63, 3.8) is 0 Å². The number of amides is 1. The average molecular weight is 261 g/mol. The molecule has 0 aromatic heterocycles. The molecular formula is C11H14ClFN2O2. The molecule has 4 nitrogen and oxygen atoms in total. The molecule has 0 aliphatic heterocycles. The van der Waals surface area contributed by atoms with Crippen molar-refractivity contribution in [2.24, 2.45) is 5.73 Å². The van der Waals surface area contributed by atoms with Crippen molar-refractivity contribution in [2.45, 2.75) is 12.5 Å². The molecule has 0 radical (unpaired) electrons. The second kappa shape index (κ2) is 6.54. The van der Waals surface area contributed by atoms with Crippen LogP contribution in [0.1, 0.15) is 6.42 Å². The van der Waals surface area contributed by atoms with Gasteiger partial charge in [0.1, 0.15) is 5.82 Å². The molecule has 0 aliphatic carbocycles. The summed E-state index contributed by atoms with van der Waals surface area (Å²) in [5.41, 5.74) is 5.54. The monoisotopic (exact) mass is 260 g/mol. The minimum Gasteiger partial charge on any atom is -0.385 e. The molecule has 0 spiro atoms. The molecule has 0 heterocycles. The molecule has 94 valence electrons. The van der Waals surface area contributed by atoms with Gasteiger partial charge < -0.3 is 15.8 Å². The Morgan fingerprint density at radius 2 is 2.35 bits per heavy atom. The van der Waals surface area contributed by atoms with E-state index in [1.54, 1.807) is 0 Å². The second-order valence-corrected chi connectivity index (χ2v) is 3.88. The van der Waals surface area contributed by atoms with Crippen molar-refractivity contribution in [3.05, 3.63) is 29.0 Å². The van der Waals surface area contributed by atoms with Crippen LogP contribution in [-0.4, -0.2) is 25.7 Å². The van der Waals surface area contributed by atoms with E-state index in [4.69, 9.17) is 22.1 Å². The van der Waals surface area contributed by atoms with Crippen molar-refractivity contribution >= 4 is 23.2 Å². The number of nitrogens with two attached hydrogens (primary N) is 1. The molecule has 0 fully saturated rings. The minimum absolute atomic E-state index is 0.0490. The fraction of sp³-hybridized carbons (Fsp3) is 0.364. The number of ether oxygens (including phenoxy) is 1. The maximum Gasteiger partial charge on any atom is 0.241 e. The Balaban J connectivity index is 2.68. The Morgan fingerprint density at radius 3 is 2.94 bits per heavy atom. The number of anilines is 1. The average Bonchev–Trinajstić information content (AvgIpc) is 2.30. The van der Waals surface area contributed by atoms with Crippen LogP contribution in [0.5, 0.6) is 0 Å². The lowest BCUT2D eigenvalue weighted by atomic mass is 10.2. The molecule has 1 amide bonds. The van der Waals surface area contributed by atoms with E-state index in [9.17, 15) is 9.18 Å². The van der Waals surface area contributed by atoms with E-state index in [1.165, 1.54) is 25.3 Å². The molecule has 0 saturated heterocycles. The molecule has 1 atom stereocenters. The molecular weight excluding hydrogens is 247 g/mol. The molecule has 0 aliphatic rings. The highest BCUT2D eigenvalue weighted by molar-refractivity contribution is 6.33. The molecule has 1 aromatic carbocycles. The van der Waals surface area contributed by atoms with Gasteiger partial charge in [0.15, 0.2) is 0 Å². The van der Waals surface area contributed by atoms with Gasteiger partial charge in [-0.05, 0) is 18.6 Å². The zero-order chi connectivity index (χ0) is 12.8. The lowest BCUT2D eigenvalue weighted by Gasteiger charge is -2.13. The first-order chi connectivity index (χ1) is 8.06. The van der Waals surface area contributed by atoms with Crippen LogP contribution >= 0.6 is 11.6 Å². The van der Waals surface area contributed by atoms with E-state index >= 15 is 0 Å². The number of halogens is 2. The van der Waals surface area contributed by atoms with Crippen LogP contribution in [0.15, 0.2) is 18.2 Å². The van der Waals surface area contributed by atoms with E-state index in [0.29, 0.717) is 13.0 Å². The van der Waals surface area contributed by atoms with Crippen LogP contribution in [0.3, 0.4) is 0 Å². The van der Waals surface area contributed by atoms with Crippen molar-refractivity contribution in [2.75, 3.05) is 19.0 Å². The first-order valence-corrected chi connectivity index (χ1v) is 5.43. The van der Waals surface area contributed by atoms with Crippen molar-refractivity contribution in [3.8, 4) is 0 Å². The normalized spacial score (nSPS) is 12.2. The largest absolute Gasteiger partial charge is 0.385 e. The quantitative estimate of drug-likeness (QED) is 0.848. The van der Waals surface area contributed by atoms with Gasteiger partial charge >= 0.3 is 0 Å². The Kier molecular flexibility index (Phi) is 5.34. The number of benzene rings is 1. The van der Waals surface area contributed by atoms with E-state index in [1.807, 2.05) is 0 Å². The number of hydrogen-bond acceptors (Lipinski definition) is 3. The van der Waals surface area contributed by atoms with Crippen molar-refractivity contribution in [1.82, 2.24) is 0 Å². The molecule has 0 saturated carbocycles. The van der Waals surface area contributed by atoms with Crippen LogP contribution in [0.4, 0.5) is 10.1 Å². The van der Waals surface area contributed by atoms with Gasteiger partial charge in [0.25, 0.3) is 0 Å². The summed E-state index contributed by atoms with van der Waals surface area (Å²) in [5.74, 6) is -1.08. The lowest BCUT2D eigenvalue weighted by molar-refractivity contribution is -0.117. The lowest BCUT2D eigenvalue weighted by Crippen LogP contribution is -2.36. The Labute approximate surface area is 104 Å². The minimum atomic E-state index is -0.759. The number of para-hydroxylation sites is 1. The molecule has 0 bridgehead atoms. The van der Waals surface area contributed by atoms with Crippen LogP contribution < -0.4 is 11.1 Å². The summed E-state index contributed by atoms with van der Waals surface area (Å²) in [7, 11) is 1.51. The van der Waals surface area contributed by atoms with E-state index in [2.05, 4.69) is 5.32 Å². The number of rotatable bonds is 5. The summed E-state index contributed by atoms with van der Waals surface area (Å²) >= 11 is 5.76. The summed E-state index contributed by atoms with van der Waals surface area (Å²) in [6.07, 6.45) is 0.356. The number of carbonyl (C=O) groups is 1. The van der Waals surface area contributed by atoms with Crippen molar-refractivity contribution in [1.29, 1.82) is 0 Å². The SMILES string of the molecule is COCCC(N)C(=O)Nc1c(F)cccc1Cl. The number of carbonyl (C=O) groups excluding carboxylic acids is 1. The number of hydrogen-bond donors (Lipinski definition) is 2. The van der Waals surface area contributed by atoms with Gasteiger partial charge in [0, 0.05) is 13.7 Å². The predicted molar refractivity (Wildman–Crippen MR) is 64.5 cm³/mol. The van der Waals surface area contributed by atoms with Crippen molar-refractivity contribution < 1.29 is 13.9 Å². The van der Waals surface area contributed by atoms with Gasteiger partial charge in [0.05, 0.1) is 16.8 Å². The molecule has 6 heteroatoms. The summed E-state index contributed by atoms with van der Waals surface area (Å²) in [6, 6.07) is 3.40. The van der Waals surface area contributed by atoms with Crippen LogP contribution in [0.25, 0.3) is 0 Å². The number of nitrogens with one attached hydrogen (secondary N) is 1. The zero-order valence-electron chi connectivity index (χ0n) is 9.37. The van der Waals surface area contributed by atoms with Crippen LogP contribution in [0, 0.1) is 5.82 Å². The highest BCUT2D eigenvalue weighted by Gasteiger charge is 2.16. The topological polar surface area (TPSA) is 64.3 Å². The van der Waals surface area contributed by atoms with Gasteiger partial charge in [0.2, 0.25) is 5.91 Å². The Hall–Kier alpha value is -1.17.